The second kappa shape index (κ2) is 9.20. The van der Waals surface area contributed by atoms with Crippen LogP contribution in [-0.4, -0.2) is 37.4 Å². The van der Waals surface area contributed by atoms with Crippen LogP contribution in [0.5, 0.6) is 11.5 Å². The quantitative estimate of drug-likeness (QED) is 0.622. The van der Waals surface area contributed by atoms with Crippen LogP contribution in [0.15, 0.2) is 52.5 Å². The number of Topliss-reactive ketones (excluding diaryl/α,β-unsaturated/α-hetero) is 1. The molecule has 0 atom stereocenters. The van der Waals surface area contributed by atoms with Gasteiger partial charge in [0, 0.05) is 29.6 Å². The van der Waals surface area contributed by atoms with Crippen molar-refractivity contribution in [1.29, 1.82) is 0 Å². The Balaban J connectivity index is 1.74. The fraction of sp³-hybridized carbons (Fsp3) is 0.318. The molecule has 0 radical (unpaired) electrons. The minimum atomic E-state index is 0.231. The van der Waals surface area contributed by atoms with Gasteiger partial charge in [-0.15, -0.1) is 0 Å². The van der Waals surface area contributed by atoms with Crippen LogP contribution in [0.4, 0.5) is 0 Å². The van der Waals surface area contributed by atoms with E-state index in [1.807, 2.05) is 48.5 Å². The zero-order valence-electron chi connectivity index (χ0n) is 15.7. The molecular weight excluding hydrogens is 406 g/mol. The number of benzene rings is 2. The molecule has 1 aliphatic heterocycles. The van der Waals surface area contributed by atoms with Crippen molar-refractivity contribution in [3.05, 3.63) is 63.6 Å². The molecule has 0 aromatic heterocycles. The predicted molar refractivity (Wildman–Crippen MR) is 111 cm³/mol. The molecule has 5 heteroatoms. The monoisotopic (exact) mass is 429 g/mol. The van der Waals surface area contributed by atoms with Crippen molar-refractivity contribution >= 4 is 27.8 Å². The van der Waals surface area contributed by atoms with Crippen LogP contribution < -0.4 is 9.47 Å². The van der Waals surface area contributed by atoms with E-state index in [0.717, 1.165) is 34.3 Å². The summed E-state index contributed by atoms with van der Waals surface area (Å²) in [5.74, 6) is 1.58. The van der Waals surface area contributed by atoms with Gasteiger partial charge in [0.25, 0.3) is 0 Å². The lowest BCUT2D eigenvalue weighted by Gasteiger charge is -2.26. The second-order valence-electron chi connectivity index (χ2n) is 6.54. The van der Waals surface area contributed by atoms with Gasteiger partial charge < -0.3 is 9.47 Å². The highest BCUT2D eigenvalue weighted by Crippen LogP contribution is 2.30. The van der Waals surface area contributed by atoms with E-state index in [4.69, 9.17) is 9.47 Å². The van der Waals surface area contributed by atoms with E-state index in [0.29, 0.717) is 31.1 Å². The number of likely N-dealkylation sites (N-methyl/N-ethyl adjacent to an activating group) is 1. The summed E-state index contributed by atoms with van der Waals surface area (Å²) in [6.45, 7) is 5.09. The van der Waals surface area contributed by atoms with Crippen LogP contribution in [0, 0.1) is 0 Å². The van der Waals surface area contributed by atoms with E-state index < -0.39 is 0 Å². The normalized spacial score (nSPS) is 16.6. The number of carbonyl (C=O) groups is 1. The second-order valence-corrected chi connectivity index (χ2v) is 7.45. The SMILES string of the molecule is CCN1CCC(=O)/C(=C/c2ccc(OCc3ccc(Br)cc3)c(OC)c2)C1. The molecule has 142 valence electrons. The number of piperidine rings is 1. The number of halogens is 1. The van der Waals surface area contributed by atoms with Gasteiger partial charge in [0.2, 0.25) is 0 Å². The first-order chi connectivity index (χ1) is 13.1. The Morgan fingerprint density at radius 1 is 1.15 bits per heavy atom. The highest BCUT2D eigenvalue weighted by Gasteiger charge is 2.20. The highest BCUT2D eigenvalue weighted by molar-refractivity contribution is 9.10. The molecule has 2 aromatic carbocycles. The lowest BCUT2D eigenvalue weighted by atomic mass is 10.0. The molecule has 0 bridgehead atoms. The van der Waals surface area contributed by atoms with E-state index in [1.165, 1.54) is 0 Å². The summed E-state index contributed by atoms with van der Waals surface area (Å²) in [6.07, 6.45) is 2.55. The predicted octanol–water partition coefficient (Wildman–Crippen LogP) is 4.71. The number of hydrogen-bond acceptors (Lipinski definition) is 4. The average Bonchev–Trinajstić information content (AvgIpc) is 2.69. The van der Waals surface area contributed by atoms with Crippen molar-refractivity contribution in [2.24, 2.45) is 0 Å². The minimum absolute atomic E-state index is 0.231. The largest absolute Gasteiger partial charge is 0.493 e. The summed E-state index contributed by atoms with van der Waals surface area (Å²) >= 11 is 3.43. The van der Waals surface area contributed by atoms with E-state index in [9.17, 15) is 4.79 Å². The number of hydrogen-bond donors (Lipinski definition) is 0. The fourth-order valence-corrected chi connectivity index (χ4v) is 3.32. The zero-order valence-corrected chi connectivity index (χ0v) is 17.3. The summed E-state index contributed by atoms with van der Waals surface area (Å²) in [6, 6.07) is 13.8. The first-order valence-corrected chi connectivity index (χ1v) is 9.89. The Kier molecular flexibility index (Phi) is 6.69. The number of ether oxygens (including phenoxy) is 2. The molecule has 1 fully saturated rings. The van der Waals surface area contributed by atoms with Crippen LogP contribution >= 0.6 is 15.9 Å². The van der Waals surface area contributed by atoms with Gasteiger partial charge in [-0.3, -0.25) is 9.69 Å². The third-order valence-corrected chi connectivity index (χ3v) is 5.22. The van der Waals surface area contributed by atoms with Gasteiger partial charge in [0.1, 0.15) is 6.61 Å². The molecule has 0 N–H and O–H groups in total. The molecule has 0 saturated carbocycles. The third-order valence-electron chi connectivity index (χ3n) is 4.69. The number of ketones is 1. The summed E-state index contributed by atoms with van der Waals surface area (Å²) in [4.78, 5) is 14.5. The van der Waals surface area contributed by atoms with Gasteiger partial charge in [-0.1, -0.05) is 41.1 Å². The zero-order chi connectivity index (χ0) is 19.2. The number of rotatable bonds is 6. The molecule has 1 heterocycles. The fourth-order valence-electron chi connectivity index (χ4n) is 3.06. The van der Waals surface area contributed by atoms with Crippen molar-refractivity contribution in [3.63, 3.8) is 0 Å². The molecule has 0 unspecified atom stereocenters. The van der Waals surface area contributed by atoms with Crippen molar-refractivity contribution in [1.82, 2.24) is 4.90 Å². The molecule has 1 aliphatic rings. The maximum atomic E-state index is 12.2. The Morgan fingerprint density at radius 3 is 2.63 bits per heavy atom. The van der Waals surface area contributed by atoms with Crippen LogP contribution in [0.2, 0.25) is 0 Å². The van der Waals surface area contributed by atoms with Gasteiger partial charge in [0.15, 0.2) is 17.3 Å². The van der Waals surface area contributed by atoms with Gasteiger partial charge in [-0.05, 0) is 48.0 Å². The summed E-state index contributed by atoms with van der Waals surface area (Å²) in [5, 5.41) is 0. The Morgan fingerprint density at radius 2 is 1.93 bits per heavy atom. The average molecular weight is 430 g/mol. The van der Waals surface area contributed by atoms with Crippen LogP contribution in [0.1, 0.15) is 24.5 Å². The van der Waals surface area contributed by atoms with Crippen molar-refractivity contribution in [2.45, 2.75) is 20.0 Å². The number of nitrogens with zero attached hydrogens (tertiary/aromatic N) is 1. The first-order valence-electron chi connectivity index (χ1n) is 9.10. The van der Waals surface area contributed by atoms with Gasteiger partial charge in [-0.2, -0.15) is 0 Å². The van der Waals surface area contributed by atoms with E-state index in [2.05, 4.69) is 27.8 Å². The molecule has 0 amide bonds. The maximum Gasteiger partial charge on any atom is 0.161 e. The smallest absolute Gasteiger partial charge is 0.161 e. The Hall–Kier alpha value is -2.11. The van der Waals surface area contributed by atoms with Crippen molar-refractivity contribution < 1.29 is 14.3 Å². The molecule has 0 aliphatic carbocycles. The van der Waals surface area contributed by atoms with E-state index >= 15 is 0 Å². The maximum absolute atomic E-state index is 12.2. The Labute approximate surface area is 168 Å². The van der Waals surface area contributed by atoms with Gasteiger partial charge in [0.05, 0.1) is 7.11 Å². The minimum Gasteiger partial charge on any atom is -0.493 e. The topological polar surface area (TPSA) is 38.8 Å². The molecule has 0 spiro atoms. The molecule has 2 aromatic rings. The summed E-state index contributed by atoms with van der Waals surface area (Å²) in [7, 11) is 1.63. The molecule has 4 nitrogen and oxygen atoms in total. The summed E-state index contributed by atoms with van der Waals surface area (Å²) in [5.41, 5.74) is 2.89. The number of methoxy groups -OCH3 is 1. The highest BCUT2D eigenvalue weighted by atomic mass is 79.9. The van der Waals surface area contributed by atoms with Crippen LogP contribution in [0.3, 0.4) is 0 Å². The lowest BCUT2D eigenvalue weighted by molar-refractivity contribution is -0.117. The number of carbonyl (C=O) groups excluding carboxylic acids is 1. The van der Waals surface area contributed by atoms with Gasteiger partial charge in [-0.25, -0.2) is 0 Å². The van der Waals surface area contributed by atoms with Crippen LogP contribution in [0.25, 0.3) is 6.08 Å². The molecule has 3 rings (SSSR count). The molecular formula is C22H24BrNO3. The number of likely N-dealkylation sites (tertiary alicyclic amines) is 1. The summed E-state index contributed by atoms with van der Waals surface area (Å²) < 4.78 is 12.5. The van der Waals surface area contributed by atoms with E-state index in [1.54, 1.807) is 7.11 Å². The molecule has 1 saturated heterocycles. The van der Waals surface area contributed by atoms with Gasteiger partial charge >= 0.3 is 0 Å². The van der Waals surface area contributed by atoms with Crippen LogP contribution in [-0.2, 0) is 11.4 Å². The van der Waals surface area contributed by atoms with Crippen molar-refractivity contribution in [2.75, 3.05) is 26.7 Å². The first kappa shape index (κ1) is 19.6. The third kappa shape index (κ3) is 5.21. The lowest BCUT2D eigenvalue weighted by Crippen LogP contribution is -2.35. The Bertz CT molecular complexity index is 830. The van der Waals surface area contributed by atoms with E-state index in [-0.39, 0.29) is 5.78 Å². The van der Waals surface area contributed by atoms with Crippen molar-refractivity contribution in [3.8, 4) is 11.5 Å². The molecule has 27 heavy (non-hydrogen) atoms. The standard InChI is InChI=1S/C22H24BrNO3/c1-3-24-11-10-20(25)18(14-24)12-17-6-9-21(22(13-17)26-2)27-15-16-4-7-19(23)8-5-16/h4-9,12-13H,3,10-11,14-15H2,1-2H3/b18-12+.